The number of nitro benzene ring substituents is 1. The van der Waals surface area contributed by atoms with Gasteiger partial charge < -0.3 is 5.32 Å². The summed E-state index contributed by atoms with van der Waals surface area (Å²) in [5.74, 6) is 0. The number of hydrogen-bond donors (Lipinski definition) is 1. The number of fused-ring (bicyclic) bond motifs is 1. The van der Waals surface area contributed by atoms with Gasteiger partial charge in [-0.25, -0.2) is 4.98 Å². The Morgan fingerprint density at radius 3 is 2.86 bits per heavy atom. The maximum atomic E-state index is 11.1. The van der Waals surface area contributed by atoms with E-state index in [9.17, 15) is 10.1 Å². The predicted molar refractivity (Wildman–Crippen MR) is 83.4 cm³/mol. The molecule has 0 saturated heterocycles. The second kappa shape index (κ2) is 4.98. The molecule has 0 bridgehead atoms. The molecule has 0 amide bonds. The molecule has 2 aromatic rings. The number of aromatic nitrogens is 1. The van der Waals surface area contributed by atoms with Gasteiger partial charge in [0, 0.05) is 29.4 Å². The summed E-state index contributed by atoms with van der Waals surface area (Å²) in [5.41, 5.74) is 1.69. The molecular formula is C16H19N3O2. The summed E-state index contributed by atoms with van der Waals surface area (Å²) in [5, 5.41) is 15.5. The fourth-order valence-electron chi connectivity index (χ4n) is 3.22. The van der Waals surface area contributed by atoms with Crippen molar-refractivity contribution in [1.29, 1.82) is 0 Å². The van der Waals surface area contributed by atoms with Gasteiger partial charge in [-0.1, -0.05) is 32.4 Å². The number of anilines is 1. The van der Waals surface area contributed by atoms with Crippen molar-refractivity contribution in [2.45, 2.75) is 39.2 Å². The molecular weight excluding hydrogens is 266 g/mol. The number of pyridine rings is 1. The van der Waals surface area contributed by atoms with Crippen LogP contribution in [0.25, 0.3) is 10.9 Å². The first-order valence-corrected chi connectivity index (χ1v) is 7.28. The Balaban J connectivity index is 2.04. The van der Waals surface area contributed by atoms with Gasteiger partial charge >= 0.3 is 0 Å². The van der Waals surface area contributed by atoms with Crippen molar-refractivity contribution in [3.05, 3.63) is 40.6 Å². The van der Waals surface area contributed by atoms with E-state index in [1.54, 1.807) is 12.3 Å². The monoisotopic (exact) mass is 285 g/mol. The molecule has 1 aliphatic carbocycles. The Labute approximate surface area is 123 Å². The van der Waals surface area contributed by atoms with Gasteiger partial charge in [0.1, 0.15) is 5.52 Å². The lowest BCUT2D eigenvalue weighted by molar-refractivity contribution is -0.383. The van der Waals surface area contributed by atoms with Crippen molar-refractivity contribution in [3.8, 4) is 0 Å². The van der Waals surface area contributed by atoms with Crippen LogP contribution in [-0.4, -0.2) is 15.9 Å². The van der Waals surface area contributed by atoms with E-state index in [0.717, 1.165) is 17.5 Å². The summed E-state index contributed by atoms with van der Waals surface area (Å²) in [6, 6.07) is 7.40. The molecule has 1 atom stereocenters. The first-order valence-electron chi connectivity index (χ1n) is 7.28. The molecule has 5 heteroatoms. The Hall–Kier alpha value is -2.17. The van der Waals surface area contributed by atoms with Crippen LogP contribution < -0.4 is 5.32 Å². The number of benzene rings is 1. The molecule has 1 saturated carbocycles. The molecule has 110 valence electrons. The van der Waals surface area contributed by atoms with Crippen LogP contribution in [0.5, 0.6) is 0 Å². The molecule has 0 radical (unpaired) electrons. The summed E-state index contributed by atoms with van der Waals surface area (Å²) in [6.45, 7) is 4.53. The molecule has 21 heavy (non-hydrogen) atoms. The van der Waals surface area contributed by atoms with E-state index in [1.165, 1.54) is 18.9 Å². The van der Waals surface area contributed by atoms with Gasteiger partial charge in [-0.05, 0) is 24.3 Å². The third-order valence-electron chi connectivity index (χ3n) is 4.53. The minimum atomic E-state index is -0.376. The Morgan fingerprint density at radius 2 is 2.19 bits per heavy atom. The second-order valence-corrected chi connectivity index (χ2v) is 6.37. The molecule has 3 rings (SSSR count). The number of non-ortho nitro benzene ring substituents is 1. The lowest BCUT2D eigenvalue weighted by Gasteiger charge is -2.29. The van der Waals surface area contributed by atoms with Crippen LogP contribution in [0.15, 0.2) is 30.5 Å². The fourth-order valence-corrected chi connectivity index (χ4v) is 3.22. The number of nitrogens with one attached hydrogen (secondary N) is 1. The van der Waals surface area contributed by atoms with Gasteiger partial charge in [0.05, 0.1) is 4.92 Å². The molecule has 1 unspecified atom stereocenters. The summed E-state index contributed by atoms with van der Waals surface area (Å²) in [4.78, 5) is 14.9. The maximum Gasteiger partial charge on any atom is 0.295 e. The standard InChI is InChI=1S/C16H19N3O2/c1-16(2)9-4-7-14(16)18-12-8-10-17-15-11(12)5-3-6-13(15)19(20)21/h3,5-6,8,10,14H,4,7,9H2,1-2H3,(H,17,18). The molecule has 1 aliphatic rings. The Bertz CT molecular complexity index is 697. The minimum Gasteiger partial charge on any atom is -0.381 e. The lowest BCUT2D eigenvalue weighted by atomic mass is 9.87. The zero-order chi connectivity index (χ0) is 15.0. The van der Waals surface area contributed by atoms with Crippen molar-refractivity contribution in [3.63, 3.8) is 0 Å². The van der Waals surface area contributed by atoms with Crippen LogP contribution >= 0.6 is 0 Å². The van der Waals surface area contributed by atoms with E-state index in [-0.39, 0.29) is 16.0 Å². The van der Waals surface area contributed by atoms with Gasteiger partial charge in [0.25, 0.3) is 5.69 Å². The largest absolute Gasteiger partial charge is 0.381 e. The first kappa shape index (κ1) is 13.8. The number of hydrogen-bond acceptors (Lipinski definition) is 4. The highest BCUT2D eigenvalue weighted by atomic mass is 16.6. The Morgan fingerprint density at radius 1 is 1.38 bits per heavy atom. The van der Waals surface area contributed by atoms with Crippen LogP contribution in [0, 0.1) is 15.5 Å². The number of nitro groups is 1. The van der Waals surface area contributed by atoms with E-state index in [4.69, 9.17) is 0 Å². The smallest absolute Gasteiger partial charge is 0.295 e. The molecule has 0 aliphatic heterocycles. The minimum absolute atomic E-state index is 0.0573. The first-order chi connectivity index (χ1) is 9.99. The van der Waals surface area contributed by atoms with Crippen molar-refractivity contribution >= 4 is 22.3 Å². The third kappa shape index (κ3) is 2.44. The maximum absolute atomic E-state index is 11.1. The summed E-state index contributed by atoms with van der Waals surface area (Å²) >= 11 is 0. The molecule has 0 spiro atoms. The van der Waals surface area contributed by atoms with E-state index < -0.39 is 0 Å². The molecule has 1 heterocycles. The lowest BCUT2D eigenvalue weighted by Crippen LogP contribution is -2.30. The molecule has 5 nitrogen and oxygen atoms in total. The topological polar surface area (TPSA) is 68.1 Å². The molecule has 1 aromatic heterocycles. The van der Waals surface area contributed by atoms with Gasteiger partial charge in [0.15, 0.2) is 0 Å². The van der Waals surface area contributed by atoms with Gasteiger partial charge in [-0.3, -0.25) is 10.1 Å². The quantitative estimate of drug-likeness (QED) is 0.680. The summed E-state index contributed by atoms with van der Waals surface area (Å²) in [7, 11) is 0. The van der Waals surface area contributed by atoms with Crippen molar-refractivity contribution in [2.75, 3.05) is 5.32 Å². The third-order valence-corrected chi connectivity index (χ3v) is 4.53. The number of nitrogens with zero attached hydrogens (tertiary/aromatic N) is 2. The SMILES string of the molecule is CC1(C)CCCC1Nc1ccnc2c([N+](=O)[O-])cccc12. The predicted octanol–water partition coefficient (Wildman–Crippen LogP) is 4.13. The van der Waals surface area contributed by atoms with Gasteiger partial charge in [-0.15, -0.1) is 0 Å². The molecule has 1 fully saturated rings. The van der Waals surface area contributed by atoms with Gasteiger partial charge in [-0.2, -0.15) is 0 Å². The van der Waals surface area contributed by atoms with Crippen molar-refractivity contribution in [2.24, 2.45) is 5.41 Å². The fraction of sp³-hybridized carbons (Fsp3) is 0.438. The second-order valence-electron chi connectivity index (χ2n) is 6.37. The van der Waals surface area contributed by atoms with Gasteiger partial charge in [0.2, 0.25) is 0 Å². The van der Waals surface area contributed by atoms with Crippen LogP contribution in [0.3, 0.4) is 0 Å². The summed E-state index contributed by atoms with van der Waals surface area (Å²) < 4.78 is 0. The zero-order valence-corrected chi connectivity index (χ0v) is 12.3. The van der Waals surface area contributed by atoms with Crippen LogP contribution in [-0.2, 0) is 0 Å². The van der Waals surface area contributed by atoms with E-state index in [2.05, 4.69) is 24.1 Å². The summed E-state index contributed by atoms with van der Waals surface area (Å²) in [6.07, 6.45) is 5.19. The highest BCUT2D eigenvalue weighted by molar-refractivity contribution is 5.96. The Kier molecular flexibility index (Phi) is 3.27. The number of para-hydroxylation sites is 1. The van der Waals surface area contributed by atoms with Crippen LogP contribution in [0.4, 0.5) is 11.4 Å². The normalized spacial score (nSPS) is 20.6. The van der Waals surface area contributed by atoms with Crippen molar-refractivity contribution < 1.29 is 4.92 Å². The number of rotatable bonds is 3. The zero-order valence-electron chi connectivity index (χ0n) is 12.3. The van der Waals surface area contributed by atoms with E-state index in [1.807, 2.05) is 12.1 Å². The highest BCUT2D eigenvalue weighted by Crippen LogP contribution is 2.40. The van der Waals surface area contributed by atoms with E-state index >= 15 is 0 Å². The average molecular weight is 285 g/mol. The highest BCUT2D eigenvalue weighted by Gasteiger charge is 2.34. The van der Waals surface area contributed by atoms with Crippen molar-refractivity contribution in [1.82, 2.24) is 4.98 Å². The van der Waals surface area contributed by atoms with Crippen LogP contribution in [0.1, 0.15) is 33.1 Å². The van der Waals surface area contributed by atoms with E-state index in [0.29, 0.717) is 11.6 Å². The molecule has 1 aromatic carbocycles. The molecule has 1 N–H and O–H groups in total. The average Bonchev–Trinajstić information content (AvgIpc) is 2.77. The van der Waals surface area contributed by atoms with Crippen LogP contribution in [0.2, 0.25) is 0 Å².